The Morgan fingerprint density at radius 1 is 0.895 bits per heavy atom. The van der Waals surface area contributed by atoms with E-state index in [-0.39, 0.29) is 5.95 Å². The van der Waals surface area contributed by atoms with Crippen LogP contribution in [0.1, 0.15) is 18.1 Å². The minimum atomic E-state index is -1.04. The molecule has 5 rings (SSSR count). The van der Waals surface area contributed by atoms with Crippen LogP contribution in [0.3, 0.4) is 0 Å². The zero-order chi connectivity index (χ0) is 26.5. The predicted molar refractivity (Wildman–Crippen MR) is 149 cm³/mol. The maximum Gasteiger partial charge on any atom is 0.314 e. The number of anilines is 3. The van der Waals surface area contributed by atoms with Crippen molar-refractivity contribution in [2.45, 2.75) is 18.8 Å². The second-order valence-electron chi connectivity index (χ2n) is 9.66. The van der Waals surface area contributed by atoms with Crippen LogP contribution in [0.25, 0.3) is 0 Å². The van der Waals surface area contributed by atoms with Crippen molar-refractivity contribution in [3.63, 3.8) is 0 Å². The molecule has 0 aliphatic carbocycles. The number of benzene rings is 3. The lowest BCUT2D eigenvalue weighted by atomic mass is 9.77. The van der Waals surface area contributed by atoms with E-state index in [1.807, 2.05) is 60.7 Å². The van der Waals surface area contributed by atoms with Gasteiger partial charge in [-0.25, -0.2) is 0 Å². The highest BCUT2D eigenvalue weighted by atomic mass is 16.5. The van der Waals surface area contributed by atoms with Crippen molar-refractivity contribution >= 4 is 23.4 Å². The number of carboxylic acid groups (broad SMARTS) is 1. The summed E-state index contributed by atoms with van der Waals surface area (Å²) in [7, 11) is 0. The Morgan fingerprint density at radius 2 is 1.50 bits per heavy atom. The van der Waals surface area contributed by atoms with Gasteiger partial charge >= 0.3 is 5.97 Å². The van der Waals surface area contributed by atoms with Gasteiger partial charge in [-0.2, -0.15) is 9.97 Å². The molecular weight excluding hydrogens is 478 g/mol. The van der Waals surface area contributed by atoms with Gasteiger partial charge in [-0.3, -0.25) is 4.79 Å². The van der Waals surface area contributed by atoms with Crippen LogP contribution in [0.15, 0.2) is 91.0 Å². The molecular formula is C30H31N5O3. The maximum absolute atomic E-state index is 12.2. The van der Waals surface area contributed by atoms with Gasteiger partial charge in [-0.15, -0.1) is 0 Å². The Kier molecular flexibility index (Phi) is 7.13. The van der Waals surface area contributed by atoms with Crippen LogP contribution in [0, 0.1) is 0 Å². The molecule has 2 heterocycles. The van der Waals surface area contributed by atoms with Gasteiger partial charge in [0.2, 0.25) is 11.8 Å². The number of carbonyl (C=O) groups is 1. The van der Waals surface area contributed by atoms with Crippen LogP contribution in [0.2, 0.25) is 0 Å². The Morgan fingerprint density at radius 3 is 2.13 bits per heavy atom. The Balaban J connectivity index is 1.26. The largest absolute Gasteiger partial charge is 0.481 e. The molecule has 1 aliphatic rings. The molecule has 8 nitrogen and oxygen atoms in total. The van der Waals surface area contributed by atoms with Gasteiger partial charge in [0.1, 0.15) is 11.6 Å². The lowest BCUT2D eigenvalue weighted by Gasteiger charge is -2.36. The highest BCUT2D eigenvalue weighted by Gasteiger charge is 2.35. The first-order chi connectivity index (χ1) is 18.4. The molecule has 0 unspecified atom stereocenters. The molecule has 3 aromatic carbocycles. The number of hydrogen-bond acceptors (Lipinski definition) is 7. The summed E-state index contributed by atoms with van der Waals surface area (Å²) in [6, 6.07) is 28.9. The van der Waals surface area contributed by atoms with Gasteiger partial charge in [0.05, 0.1) is 5.41 Å². The molecule has 0 radical (unpaired) electrons. The van der Waals surface area contributed by atoms with E-state index < -0.39 is 11.4 Å². The fourth-order valence-corrected chi connectivity index (χ4v) is 4.79. The zero-order valence-corrected chi connectivity index (χ0v) is 21.3. The molecule has 8 heteroatoms. The SMILES string of the molecule is C[C@@](Cc1ccc(Oc2cc(N3CCN(c4ccccc4)CC3)nc(N)n2)cc1)(C(=O)O)c1ccccc1. The van der Waals surface area contributed by atoms with E-state index in [4.69, 9.17) is 10.5 Å². The number of piperazine rings is 1. The molecule has 0 amide bonds. The number of rotatable bonds is 8. The maximum atomic E-state index is 12.2. The number of nitrogens with zero attached hydrogens (tertiary/aromatic N) is 4. The second kappa shape index (κ2) is 10.8. The topological polar surface area (TPSA) is 105 Å². The lowest BCUT2D eigenvalue weighted by molar-refractivity contribution is -0.143. The first kappa shape index (κ1) is 25.1. The molecule has 4 aromatic rings. The normalized spacial score (nSPS) is 15.1. The molecule has 3 N–H and O–H groups in total. The van der Waals surface area contributed by atoms with Crippen molar-refractivity contribution in [2.24, 2.45) is 0 Å². The van der Waals surface area contributed by atoms with E-state index in [1.54, 1.807) is 13.0 Å². The monoisotopic (exact) mass is 509 g/mol. The average Bonchev–Trinajstić information content (AvgIpc) is 2.95. The summed E-state index contributed by atoms with van der Waals surface area (Å²) in [5.41, 5.74) is 7.86. The van der Waals surface area contributed by atoms with Crippen LogP contribution in [0.4, 0.5) is 17.5 Å². The quantitative estimate of drug-likeness (QED) is 0.350. The molecule has 1 aliphatic heterocycles. The van der Waals surface area contributed by atoms with Crippen LogP contribution in [-0.2, 0) is 16.6 Å². The molecule has 1 fully saturated rings. The van der Waals surface area contributed by atoms with Crippen LogP contribution >= 0.6 is 0 Å². The van der Waals surface area contributed by atoms with E-state index in [9.17, 15) is 9.90 Å². The molecule has 1 aromatic heterocycles. The number of nitrogen functional groups attached to an aromatic ring is 1. The smallest absolute Gasteiger partial charge is 0.314 e. The summed E-state index contributed by atoms with van der Waals surface area (Å²) in [5.74, 6) is 0.975. The molecule has 0 spiro atoms. The van der Waals surface area contributed by atoms with Gasteiger partial charge in [-0.1, -0.05) is 60.7 Å². The van der Waals surface area contributed by atoms with Crippen molar-refractivity contribution in [2.75, 3.05) is 41.7 Å². The summed E-state index contributed by atoms with van der Waals surface area (Å²) in [5, 5.41) is 9.97. The lowest BCUT2D eigenvalue weighted by Crippen LogP contribution is -2.46. The average molecular weight is 510 g/mol. The fourth-order valence-electron chi connectivity index (χ4n) is 4.79. The second-order valence-corrected chi connectivity index (χ2v) is 9.66. The number of hydrogen-bond donors (Lipinski definition) is 2. The van der Waals surface area contributed by atoms with Crippen molar-refractivity contribution in [3.05, 3.63) is 102 Å². The van der Waals surface area contributed by atoms with Gasteiger partial charge < -0.3 is 25.4 Å². The number of carboxylic acids is 1. The molecule has 194 valence electrons. The van der Waals surface area contributed by atoms with Gasteiger partial charge in [0, 0.05) is 37.9 Å². The van der Waals surface area contributed by atoms with Gasteiger partial charge in [-0.05, 0) is 48.7 Å². The summed E-state index contributed by atoms with van der Waals surface area (Å²) < 4.78 is 6.01. The first-order valence-electron chi connectivity index (χ1n) is 12.7. The number of para-hydroxylation sites is 1. The zero-order valence-electron chi connectivity index (χ0n) is 21.3. The minimum absolute atomic E-state index is 0.152. The first-order valence-corrected chi connectivity index (χ1v) is 12.7. The molecule has 1 atom stereocenters. The van der Waals surface area contributed by atoms with E-state index in [0.29, 0.717) is 18.1 Å². The third kappa shape index (κ3) is 5.54. The molecule has 0 bridgehead atoms. The number of nitrogens with two attached hydrogens (primary N) is 1. The van der Waals surface area contributed by atoms with Gasteiger partial charge in [0.15, 0.2) is 0 Å². The van der Waals surface area contributed by atoms with E-state index >= 15 is 0 Å². The van der Waals surface area contributed by atoms with Gasteiger partial charge in [0.25, 0.3) is 0 Å². The van der Waals surface area contributed by atoms with Crippen LogP contribution in [-0.4, -0.2) is 47.2 Å². The molecule has 0 saturated carbocycles. The highest BCUT2D eigenvalue weighted by Crippen LogP contribution is 2.31. The number of ether oxygens (including phenoxy) is 1. The van der Waals surface area contributed by atoms with Crippen molar-refractivity contribution < 1.29 is 14.6 Å². The van der Waals surface area contributed by atoms with E-state index in [1.165, 1.54) is 5.69 Å². The van der Waals surface area contributed by atoms with E-state index in [0.717, 1.165) is 43.1 Å². The summed E-state index contributed by atoms with van der Waals surface area (Å²) >= 11 is 0. The van der Waals surface area contributed by atoms with Crippen LogP contribution in [0.5, 0.6) is 11.6 Å². The fraction of sp³-hybridized carbons (Fsp3) is 0.233. The third-order valence-electron chi connectivity index (χ3n) is 7.02. The summed E-state index contributed by atoms with van der Waals surface area (Å²) in [6.07, 6.45) is 0.353. The van der Waals surface area contributed by atoms with Crippen LogP contribution < -0.4 is 20.3 Å². The Labute approximate surface area is 222 Å². The molecule has 1 saturated heterocycles. The Bertz CT molecular complexity index is 1370. The van der Waals surface area contributed by atoms with E-state index in [2.05, 4.69) is 44.0 Å². The Hall–Kier alpha value is -4.59. The number of aliphatic carboxylic acids is 1. The third-order valence-corrected chi connectivity index (χ3v) is 7.02. The summed E-state index contributed by atoms with van der Waals surface area (Å²) in [4.78, 5) is 25.4. The standard InChI is InChI=1S/C30H31N5O3/c1-30(28(36)37,23-8-4-2-5-9-23)21-22-12-14-25(15-13-22)38-27-20-26(32-29(31)33-27)35-18-16-34(17-19-35)24-10-6-3-7-11-24/h2-15,20H,16-19,21H2,1H3,(H,36,37)(H2,31,32,33)/t30-/m0/s1. The van der Waals surface area contributed by atoms with Crippen molar-refractivity contribution in [1.29, 1.82) is 0 Å². The highest BCUT2D eigenvalue weighted by molar-refractivity contribution is 5.81. The molecule has 38 heavy (non-hydrogen) atoms. The van der Waals surface area contributed by atoms with Crippen molar-refractivity contribution in [1.82, 2.24) is 9.97 Å². The van der Waals surface area contributed by atoms with Crippen molar-refractivity contribution in [3.8, 4) is 11.6 Å². The number of aromatic nitrogens is 2. The minimum Gasteiger partial charge on any atom is -0.481 e. The predicted octanol–water partition coefficient (Wildman–Crippen LogP) is 4.76. The summed E-state index contributed by atoms with van der Waals surface area (Å²) in [6.45, 7) is 5.13.